The number of nitrogens with zero attached hydrogens (tertiary/aromatic N) is 2. The van der Waals surface area contributed by atoms with Crippen LogP contribution in [0.15, 0.2) is 48.8 Å². The second-order valence-corrected chi connectivity index (χ2v) is 6.03. The summed E-state index contributed by atoms with van der Waals surface area (Å²) < 4.78 is 5.60. The van der Waals surface area contributed by atoms with Crippen LogP contribution >= 0.6 is 12.4 Å². The largest absolute Gasteiger partial charge is 0.412 e. The van der Waals surface area contributed by atoms with Crippen molar-refractivity contribution in [2.24, 2.45) is 0 Å². The highest BCUT2D eigenvalue weighted by molar-refractivity contribution is 5.85. The minimum atomic E-state index is 0. The fraction of sp³-hybridized carbons (Fsp3) is 0.333. The van der Waals surface area contributed by atoms with Gasteiger partial charge in [-0.3, -0.25) is 10.3 Å². The van der Waals surface area contributed by atoms with Gasteiger partial charge in [0.25, 0.3) is 0 Å². The average Bonchev–Trinajstić information content (AvgIpc) is 3.09. The number of halogens is 1. The molecule has 1 saturated heterocycles. The monoisotopic (exact) mass is 362 g/mol. The third-order valence-electron chi connectivity index (χ3n) is 4.60. The molecule has 25 heavy (non-hydrogen) atoms. The van der Waals surface area contributed by atoms with Gasteiger partial charge in [-0.25, -0.2) is 4.98 Å². The molecule has 134 valence electrons. The Hall–Kier alpha value is -1.99. The number of H-pyrrole nitrogens is 1. The van der Waals surface area contributed by atoms with Crippen LogP contribution < -0.4 is 5.32 Å². The Bertz CT molecular complexity index is 752. The Labute approximate surface area is 153 Å². The number of aromatic nitrogens is 3. The van der Waals surface area contributed by atoms with Crippen molar-refractivity contribution >= 4 is 12.4 Å². The lowest BCUT2D eigenvalue weighted by atomic mass is 9.87. The van der Waals surface area contributed by atoms with E-state index in [4.69, 9.17) is 4.74 Å². The van der Waals surface area contributed by atoms with Crippen LogP contribution in [-0.4, -0.2) is 33.8 Å². The molecule has 6 nitrogen and oxygen atoms in total. The third-order valence-corrected chi connectivity index (χ3v) is 4.60. The van der Waals surface area contributed by atoms with E-state index < -0.39 is 0 Å². The summed E-state index contributed by atoms with van der Waals surface area (Å²) in [6.45, 7) is 0. The van der Waals surface area contributed by atoms with Crippen molar-refractivity contribution in [2.75, 3.05) is 7.11 Å². The zero-order valence-corrected chi connectivity index (χ0v) is 14.8. The standard InChI is InChI=1S/C18H20N4O.ClH.H2O/c1-23-17-10-13(9-15(21-17)12-5-3-2-4-6-12)18-20-11-16-14(22-18)7-8-19-16;;/h2-8,11,13,15,17,21H,9-10H2,1H3,(H,20,22);1H;1H2. The number of methoxy groups -OCH3 is 1. The zero-order valence-electron chi connectivity index (χ0n) is 14.0. The maximum atomic E-state index is 5.60. The fourth-order valence-electron chi connectivity index (χ4n) is 3.37. The molecule has 0 aliphatic carbocycles. The summed E-state index contributed by atoms with van der Waals surface area (Å²) in [7, 11) is 1.75. The first-order valence-corrected chi connectivity index (χ1v) is 7.97. The molecule has 0 amide bonds. The van der Waals surface area contributed by atoms with Gasteiger partial charge in [0.1, 0.15) is 17.7 Å². The second kappa shape index (κ2) is 8.40. The van der Waals surface area contributed by atoms with Gasteiger partial charge < -0.3 is 15.2 Å². The number of aromatic amines is 1. The second-order valence-electron chi connectivity index (χ2n) is 6.03. The smallest absolute Gasteiger partial charge is 0.109 e. The Kier molecular flexibility index (Phi) is 6.50. The van der Waals surface area contributed by atoms with Gasteiger partial charge >= 0.3 is 0 Å². The molecule has 4 rings (SSSR count). The van der Waals surface area contributed by atoms with E-state index in [0.29, 0.717) is 5.92 Å². The molecule has 0 aromatic heterocycles. The molecule has 3 heterocycles. The molecule has 0 radical (unpaired) electrons. The molecular weight excluding hydrogens is 340 g/mol. The van der Waals surface area contributed by atoms with Crippen molar-refractivity contribution < 1.29 is 10.2 Å². The van der Waals surface area contributed by atoms with E-state index in [0.717, 1.165) is 30.1 Å². The van der Waals surface area contributed by atoms with E-state index in [1.807, 2.05) is 18.3 Å². The molecule has 0 spiro atoms. The van der Waals surface area contributed by atoms with Crippen LogP contribution in [0.4, 0.5) is 0 Å². The molecule has 0 saturated carbocycles. The topological polar surface area (TPSA) is 94.3 Å². The van der Waals surface area contributed by atoms with Crippen LogP contribution in [0, 0.1) is 0 Å². The zero-order chi connectivity index (χ0) is 15.6. The van der Waals surface area contributed by atoms with Crippen molar-refractivity contribution in [1.82, 2.24) is 20.3 Å². The Morgan fingerprint density at radius 3 is 2.64 bits per heavy atom. The summed E-state index contributed by atoms with van der Waals surface area (Å²) >= 11 is 0. The van der Waals surface area contributed by atoms with E-state index in [1.54, 1.807) is 13.3 Å². The van der Waals surface area contributed by atoms with E-state index >= 15 is 0 Å². The molecule has 3 aliphatic rings. The van der Waals surface area contributed by atoms with Gasteiger partial charge in [0, 0.05) is 25.3 Å². The number of rotatable bonds is 3. The minimum Gasteiger partial charge on any atom is -0.412 e. The Balaban J connectivity index is 0.00000113. The van der Waals surface area contributed by atoms with Crippen molar-refractivity contribution in [3.05, 3.63) is 60.2 Å². The Morgan fingerprint density at radius 2 is 1.88 bits per heavy atom. The lowest BCUT2D eigenvalue weighted by Gasteiger charge is -2.35. The maximum Gasteiger partial charge on any atom is 0.109 e. The summed E-state index contributed by atoms with van der Waals surface area (Å²) in [6, 6.07) is 12.8. The number of ether oxygens (including phenoxy) is 1. The highest BCUT2D eigenvalue weighted by Gasteiger charge is 2.31. The summed E-state index contributed by atoms with van der Waals surface area (Å²) in [6.07, 6.45) is 5.58. The van der Waals surface area contributed by atoms with Crippen LogP contribution in [-0.2, 0) is 4.74 Å². The molecular formula is C18H23ClN4O2. The highest BCUT2D eigenvalue weighted by Crippen LogP contribution is 2.36. The quantitative estimate of drug-likeness (QED) is 0.748. The van der Waals surface area contributed by atoms with E-state index in [1.165, 1.54) is 5.56 Å². The number of hydrogen-bond donors (Lipinski definition) is 2. The van der Waals surface area contributed by atoms with Gasteiger partial charge in [-0.15, -0.1) is 12.4 Å². The van der Waals surface area contributed by atoms with Gasteiger partial charge in [-0.2, -0.15) is 0 Å². The SMILES string of the molecule is COC1CC(c2ncc3nccc-3[nH]2)CC(c2ccccc2)N1.Cl.O. The molecule has 1 aromatic rings. The predicted molar refractivity (Wildman–Crippen MR) is 99.0 cm³/mol. The molecule has 3 aliphatic heterocycles. The molecule has 4 N–H and O–H groups in total. The van der Waals surface area contributed by atoms with Crippen LogP contribution in [0.3, 0.4) is 0 Å². The van der Waals surface area contributed by atoms with Crippen molar-refractivity contribution in [1.29, 1.82) is 0 Å². The van der Waals surface area contributed by atoms with Crippen LogP contribution in [0.5, 0.6) is 0 Å². The van der Waals surface area contributed by atoms with Crippen LogP contribution in [0.1, 0.15) is 36.2 Å². The van der Waals surface area contributed by atoms with Gasteiger partial charge in [0.15, 0.2) is 0 Å². The number of hydrogen-bond acceptors (Lipinski definition) is 4. The van der Waals surface area contributed by atoms with Gasteiger partial charge in [0.05, 0.1) is 11.9 Å². The normalized spacial score (nSPS) is 22.8. The Morgan fingerprint density at radius 1 is 1.08 bits per heavy atom. The molecule has 7 heteroatoms. The summed E-state index contributed by atoms with van der Waals surface area (Å²) in [4.78, 5) is 12.3. The minimum absolute atomic E-state index is 0. The number of benzene rings is 1. The molecule has 0 bridgehead atoms. The highest BCUT2D eigenvalue weighted by atomic mass is 35.5. The van der Waals surface area contributed by atoms with Crippen molar-refractivity contribution in [3.8, 4) is 11.4 Å². The summed E-state index contributed by atoms with van der Waals surface area (Å²) in [5.41, 5.74) is 3.24. The first kappa shape index (κ1) is 19.3. The van der Waals surface area contributed by atoms with E-state index in [2.05, 4.69) is 44.5 Å². The molecule has 3 atom stereocenters. The molecule has 1 fully saturated rings. The fourth-order valence-corrected chi connectivity index (χ4v) is 3.37. The summed E-state index contributed by atoms with van der Waals surface area (Å²) in [5.74, 6) is 1.33. The van der Waals surface area contributed by atoms with Crippen molar-refractivity contribution in [2.45, 2.75) is 31.0 Å². The van der Waals surface area contributed by atoms with E-state index in [9.17, 15) is 0 Å². The number of piperidine rings is 1. The van der Waals surface area contributed by atoms with Crippen LogP contribution in [0.2, 0.25) is 0 Å². The van der Waals surface area contributed by atoms with Crippen LogP contribution in [0.25, 0.3) is 11.4 Å². The van der Waals surface area contributed by atoms with Gasteiger partial charge in [-0.05, 0) is 24.5 Å². The lowest BCUT2D eigenvalue weighted by molar-refractivity contribution is 0.0271. The lowest BCUT2D eigenvalue weighted by Crippen LogP contribution is -2.41. The number of nitrogens with one attached hydrogen (secondary N) is 2. The third kappa shape index (κ3) is 3.99. The van der Waals surface area contributed by atoms with E-state index in [-0.39, 0.29) is 30.2 Å². The van der Waals surface area contributed by atoms with Crippen molar-refractivity contribution in [3.63, 3.8) is 0 Å². The average molecular weight is 363 g/mol. The molecule has 1 aromatic carbocycles. The summed E-state index contributed by atoms with van der Waals surface area (Å²) in [5, 5.41) is 3.58. The predicted octanol–water partition coefficient (Wildman–Crippen LogP) is 2.69. The van der Waals surface area contributed by atoms with Gasteiger partial charge in [-0.1, -0.05) is 30.3 Å². The van der Waals surface area contributed by atoms with Gasteiger partial charge in [0.2, 0.25) is 0 Å². The number of fused-ring (bicyclic) bond motifs is 1. The maximum absolute atomic E-state index is 5.60. The molecule has 3 unspecified atom stereocenters. The first-order valence-electron chi connectivity index (χ1n) is 7.97. The first-order chi connectivity index (χ1) is 11.3.